The molecule has 1 aromatic carbocycles. The van der Waals surface area contributed by atoms with Crippen LogP contribution in [0.5, 0.6) is 0 Å². The van der Waals surface area contributed by atoms with Crippen LogP contribution in [0.1, 0.15) is 12.0 Å². The summed E-state index contributed by atoms with van der Waals surface area (Å²) in [6.07, 6.45) is -1.31. The van der Waals surface area contributed by atoms with Crippen molar-refractivity contribution in [1.29, 1.82) is 0 Å². The standard InChI is InChI=1S/C9H6Cl2F2O2/c10-5-1-2-7(11)6(3-5)9(12,13)4-8(14)15/h1-3H,4H2,(H,14,15). The van der Waals surface area contributed by atoms with Gasteiger partial charge in [-0.15, -0.1) is 0 Å². The minimum Gasteiger partial charge on any atom is -0.481 e. The van der Waals surface area contributed by atoms with Crippen LogP contribution in [0.25, 0.3) is 0 Å². The van der Waals surface area contributed by atoms with Crippen LogP contribution in [-0.2, 0) is 10.7 Å². The molecule has 0 aliphatic heterocycles. The molecule has 0 aliphatic rings. The van der Waals surface area contributed by atoms with Gasteiger partial charge in [-0.2, -0.15) is 0 Å². The van der Waals surface area contributed by atoms with Crippen molar-refractivity contribution in [2.45, 2.75) is 12.3 Å². The fraction of sp³-hybridized carbons (Fsp3) is 0.222. The number of carboxylic acid groups (broad SMARTS) is 1. The lowest BCUT2D eigenvalue weighted by Crippen LogP contribution is -2.18. The molecular weight excluding hydrogens is 249 g/mol. The topological polar surface area (TPSA) is 37.3 Å². The summed E-state index contributed by atoms with van der Waals surface area (Å²) in [5.74, 6) is -5.12. The van der Waals surface area contributed by atoms with E-state index in [2.05, 4.69) is 0 Å². The number of hydrogen-bond donors (Lipinski definition) is 1. The average Bonchev–Trinajstić information content (AvgIpc) is 2.06. The number of alkyl halides is 2. The summed E-state index contributed by atoms with van der Waals surface area (Å²) in [4.78, 5) is 10.2. The second kappa shape index (κ2) is 4.33. The number of aliphatic carboxylic acids is 1. The summed E-state index contributed by atoms with van der Waals surface area (Å²) < 4.78 is 26.6. The van der Waals surface area contributed by atoms with Gasteiger partial charge in [0.2, 0.25) is 0 Å². The maximum Gasteiger partial charge on any atom is 0.309 e. The Bertz CT molecular complexity index is 394. The van der Waals surface area contributed by atoms with Gasteiger partial charge in [-0.3, -0.25) is 4.79 Å². The lowest BCUT2D eigenvalue weighted by molar-refractivity contribution is -0.145. The zero-order chi connectivity index (χ0) is 11.6. The first-order chi connectivity index (χ1) is 6.83. The minimum absolute atomic E-state index is 0.0828. The van der Waals surface area contributed by atoms with Gasteiger partial charge in [0.25, 0.3) is 5.92 Å². The maximum absolute atomic E-state index is 13.3. The SMILES string of the molecule is O=C(O)CC(F)(F)c1cc(Cl)ccc1Cl. The van der Waals surface area contributed by atoms with Crippen LogP contribution in [0.2, 0.25) is 10.0 Å². The number of carbonyl (C=O) groups is 1. The quantitative estimate of drug-likeness (QED) is 0.896. The van der Waals surface area contributed by atoms with E-state index < -0.39 is 23.9 Å². The summed E-state index contributed by atoms with van der Waals surface area (Å²) >= 11 is 11.1. The molecule has 15 heavy (non-hydrogen) atoms. The van der Waals surface area contributed by atoms with Crippen molar-refractivity contribution in [3.8, 4) is 0 Å². The van der Waals surface area contributed by atoms with Crippen molar-refractivity contribution in [3.63, 3.8) is 0 Å². The number of halogens is 4. The summed E-state index contributed by atoms with van der Waals surface area (Å²) in [5, 5.41) is 8.19. The zero-order valence-corrected chi connectivity index (χ0v) is 8.82. The van der Waals surface area contributed by atoms with E-state index >= 15 is 0 Å². The van der Waals surface area contributed by atoms with Crippen molar-refractivity contribution in [1.82, 2.24) is 0 Å². The predicted molar refractivity (Wildman–Crippen MR) is 52.6 cm³/mol. The van der Waals surface area contributed by atoms with Gasteiger partial charge in [0.15, 0.2) is 0 Å². The molecule has 0 aromatic heterocycles. The highest BCUT2D eigenvalue weighted by Gasteiger charge is 2.36. The Morgan fingerprint density at radius 3 is 2.53 bits per heavy atom. The molecule has 0 radical (unpaired) electrons. The molecule has 6 heteroatoms. The van der Waals surface area contributed by atoms with Crippen LogP contribution in [0, 0.1) is 0 Å². The first-order valence-corrected chi connectivity index (χ1v) is 4.63. The summed E-state index contributed by atoms with van der Waals surface area (Å²) in [6.45, 7) is 0. The fourth-order valence-corrected chi connectivity index (χ4v) is 1.49. The number of hydrogen-bond acceptors (Lipinski definition) is 1. The van der Waals surface area contributed by atoms with E-state index in [1.807, 2.05) is 0 Å². The van der Waals surface area contributed by atoms with Gasteiger partial charge in [-0.25, -0.2) is 8.78 Å². The molecule has 82 valence electrons. The third kappa shape index (κ3) is 3.04. The number of benzene rings is 1. The number of rotatable bonds is 3. The molecule has 1 rings (SSSR count). The van der Waals surface area contributed by atoms with Gasteiger partial charge < -0.3 is 5.11 Å². The first kappa shape index (κ1) is 12.2. The van der Waals surface area contributed by atoms with E-state index in [1.54, 1.807) is 0 Å². The second-order valence-electron chi connectivity index (χ2n) is 2.90. The van der Waals surface area contributed by atoms with Crippen molar-refractivity contribution in [3.05, 3.63) is 33.8 Å². The highest BCUT2D eigenvalue weighted by atomic mass is 35.5. The Labute approximate surface area is 94.4 Å². The van der Waals surface area contributed by atoms with E-state index in [4.69, 9.17) is 28.3 Å². The van der Waals surface area contributed by atoms with Crippen molar-refractivity contribution in [2.75, 3.05) is 0 Å². The van der Waals surface area contributed by atoms with Gasteiger partial charge in [0, 0.05) is 15.6 Å². The molecule has 1 aromatic rings. The lowest BCUT2D eigenvalue weighted by atomic mass is 10.1. The van der Waals surface area contributed by atoms with E-state index in [1.165, 1.54) is 12.1 Å². The van der Waals surface area contributed by atoms with Gasteiger partial charge >= 0.3 is 5.97 Å². The monoisotopic (exact) mass is 254 g/mol. The average molecular weight is 255 g/mol. The molecule has 0 saturated carbocycles. The van der Waals surface area contributed by atoms with Gasteiger partial charge in [-0.05, 0) is 18.2 Å². The molecule has 2 nitrogen and oxygen atoms in total. The second-order valence-corrected chi connectivity index (χ2v) is 3.74. The van der Waals surface area contributed by atoms with Gasteiger partial charge in [-0.1, -0.05) is 23.2 Å². The van der Waals surface area contributed by atoms with E-state index in [0.29, 0.717) is 0 Å². The molecule has 0 bridgehead atoms. The van der Waals surface area contributed by atoms with Gasteiger partial charge in [0.05, 0.1) is 0 Å². The number of carboxylic acids is 1. The summed E-state index contributed by atoms with van der Waals surface area (Å²) in [7, 11) is 0. The molecule has 0 aliphatic carbocycles. The smallest absolute Gasteiger partial charge is 0.309 e. The molecule has 0 atom stereocenters. The Morgan fingerprint density at radius 1 is 1.40 bits per heavy atom. The Kier molecular flexibility index (Phi) is 3.52. The fourth-order valence-electron chi connectivity index (χ4n) is 1.06. The van der Waals surface area contributed by atoms with Crippen LogP contribution in [0.3, 0.4) is 0 Å². The Balaban J connectivity index is 3.13. The van der Waals surface area contributed by atoms with Gasteiger partial charge in [0.1, 0.15) is 6.42 Å². The minimum atomic E-state index is -3.52. The normalized spacial score (nSPS) is 11.5. The first-order valence-electron chi connectivity index (χ1n) is 3.88. The van der Waals surface area contributed by atoms with E-state index in [-0.39, 0.29) is 10.0 Å². The largest absolute Gasteiger partial charge is 0.481 e. The predicted octanol–water partition coefficient (Wildman–Crippen LogP) is 3.56. The van der Waals surface area contributed by atoms with Crippen molar-refractivity contribution in [2.24, 2.45) is 0 Å². The highest BCUT2D eigenvalue weighted by Crippen LogP contribution is 2.37. The van der Waals surface area contributed by atoms with E-state index in [0.717, 1.165) is 6.07 Å². The third-order valence-corrected chi connectivity index (χ3v) is 2.26. The van der Waals surface area contributed by atoms with Crippen LogP contribution in [-0.4, -0.2) is 11.1 Å². The summed E-state index contributed by atoms with van der Waals surface area (Å²) in [5.41, 5.74) is -0.570. The zero-order valence-electron chi connectivity index (χ0n) is 7.31. The maximum atomic E-state index is 13.3. The summed E-state index contributed by atoms with van der Waals surface area (Å²) in [6, 6.07) is 3.52. The molecule has 0 fully saturated rings. The third-order valence-electron chi connectivity index (χ3n) is 1.70. The molecule has 0 heterocycles. The molecule has 1 N–H and O–H groups in total. The van der Waals surface area contributed by atoms with Crippen molar-refractivity contribution < 1.29 is 18.7 Å². The van der Waals surface area contributed by atoms with E-state index in [9.17, 15) is 13.6 Å². The van der Waals surface area contributed by atoms with Crippen LogP contribution < -0.4 is 0 Å². The lowest BCUT2D eigenvalue weighted by Gasteiger charge is -2.15. The molecule has 0 spiro atoms. The molecule has 0 saturated heterocycles. The Hall–Kier alpha value is -0.870. The van der Waals surface area contributed by atoms with Crippen LogP contribution in [0.4, 0.5) is 8.78 Å². The van der Waals surface area contributed by atoms with Crippen LogP contribution in [0.15, 0.2) is 18.2 Å². The molecular formula is C9H6Cl2F2O2. The molecule has 0 unspecified atom stereocenters. The van der Waals surface area contributed by atoms with Crippen LogP contribution >= 0.6 is 23.2 Å². The highest BCUT2D eigenvalue weighted by molar-refractivity contribution is 6.33. The van der Waals surface area contributed by atoms with Crippen molar-refractivity contribution >= 4 is 29.2 Å². The Morgan fingerprint density at radius 2 is 2.00 bits per heavy atom. The molecule has 0 amide bonds.